The standard InChI is InChI=1S/C18H18N4OS/c1-2-22-17(14-9-5-3-6-10-14)20-21-18(22)24-13-16(23)19-15-11-7-4-8-12-15/h3-12H,2,13H2,1H3,(H,19,23). The Labute approximate surface area is 145 Å². The van der Waals surface area contributed by atoms with Crippen molar-refractivity contribution in [2.45, 2.75) is 18.6 Å². The summed E-state index contributed by atoms with van der Waals surface area (Å²) < 4.78 is 2.02. The molecule has 24 heavy (non-hydrogen) atoms. The lowest BCUT2D eigenvalue weighted by atomic mass is 10.2. The molecule has 0 aliphatic heterocycles. The van der Waals surface area contributed by atoms with Crippen molar-refractivity contribution in [1.29, 1.82) is 0 Å². The maximum Gasteiger partial charge on any atom is 0.234 e. The molecular weight excluding hydrogens is 320 g/mol. The third-order valence-corrected chi connectivity index (χ3v) is 4.42. The molecule has 5 nitrogen and oxygen atoms in total. The van der Waals surface area contributed by atoms with Crippen LogP contribution >= 0.6 is 11.8 Å². The van der Waals surface area contributed by atoms with Crippen LogP contribution < -0.4 is 5.32 Å². The van der Waals surface area contributed by atoms with E-state index in [0.717, 1.165) is 28.8 Å². The van der Waals surface area contributed by atoms with Crippen molar-refractivity contribution in [1.82, 2.24) is 14.8 Å². The van der Waals surface area contributed by atoms with Crippen molar-refractivity contribution in [3.05, 3.63) is 60.7 Å². The number of carbonyl (C=O) groups is 1. The first-order chi connectivity index (χ1) is 11.8. The maximum atomic E-state index is 12.1. The van der Waals surface area contributed by atoms with Crippen molar-refractivity contribution < 1.29 is 4.79 Å². The number of hydrogen-bond donors (Lipinski definition) is 1. The minimum Gasteiger partial charge on any atom is -0.325 e. The van der Waals surface area contributed by atoms with E-state index in [1.807, 2.05) is 72.2 Å². The lowest BCUT2D eigenvalue weighted by Crippen LogP contribution is -2.14. The predicted octanol–water partition coefficient (Wildman–Crippen LogP) is 3.70. The van der Waals surface area contributed by atoms with Crippen LogP contribution in [0.4, 0.5) is 5.69 Å². The summed E-state index contributed by atoms with van der Waals surface area (Å²) in [6.45, 7) is 2.80. The molecule has 122 valence electrons. The Bertz CT molecular complexity index is 802. The van der Waals surface area contributed by atoms with Gasteiger partial charge in [0.2, 0.25) is 5.91 Å². The second-order valence-corrected chi connectivity index (χ2v) is 6.06. The molecule has 0 spiro atoms. The summed E-state index contributed by atoms with van der Waals surface area (Å²) in [4.78, 5) is 12.1. The smallest absolute Gasteiger partial charge is 0.234 e. The molecule has 0 radical (unpaired) electrons. The quantitative estimate of drug-likeness (QED) is 0.696. The Morgan fingerprint density at radius 1 is 1.04 bits per heavy atom. The highest BCUT2D eigenvalue weighted by Crippen LogP contribution is 2.23. The summed E-state index contributed by atoms with van der Waals surface area (Å²) in [6, 6.07) is 19.4. The fraction of sp³-hybridized carbons (Fsp3) is 0.167. The molecule has 1 N–H and O–H groups in total. The van der Waals surface area contributed by atoms with Gasteiger partial charge < -0.3 is 9.88 Å². The van der Waals surface area contributed by atoms with Gasteiger partial charge in [-0.05, 0) is 19.1 Å². The van der Waals surface area contributed by atoms with E-state index in [0.29, 0.717) is 5.75 Å². The van der Waals surface area contributed by atoms with E-state index in [9.17, 15) is 4.79 Å². The Morgan fingerprint density at radius 2 is 1.71 bits per heavy atom. The van der Waals surface area contributed by atoms with Gasteiger partial charge in [0.25, 0.3) is 0 Å². The molecule has 0 aliphatic carbocycles. The summed E-state index contributed by atoms with van der Waals surface area (Å²) in [5.41, 5.74) is 1.82. The molecule has 0 saturated carbocycles. The number of nitrogens with one attached hydrogen (secondary N) is 1. The average molecular weight is 338 g/mol. The fourth-order valence-electron chi connectivity index (χ4n) is 2.33. The van der Waals surface area contributed by atoms with E-state index in [1.54, 1.807) is 0 Å². The topological polar surface area (TPSA) is 59.8 Å². The minimum atomic E-state index is -0.0573. The largest absolute Gasteiger partial charge is 0.325 e. The highest BCUT2D eigenvalue weighted by molar-refractivity contribution is 7.99. The molecular formula is C18H18N4OS. The number of hydrogen-bond acceptors (Lipinski definition) is 4. The van der Waals surface area contributed by atoms with Crippen molar-refractivity contribution in [2.75, 3.05) is 11.1 Å². The monoisotopic (exact) mass is 338 g/mol. The van der Waals surface area contributed by atoms with Crippen LogP contribution in [0.25, 0.3) is 11.4 Å². The van der Waals surface area contributed by atoms with E-state index < -0.39 is 0 Å². The van der Waals surface area contributed by atoms with Gasteiger partial charge in [-0.15, -0.1) is 10.2 Å². The van der Waals surface area contributed by atoms with Gasteiger partial charge in [0, 0.05) is 17.8 Å². The second-order valence-electron chi connectivity index (χ2n) is 5.12. The molecule has 0 fully saturated rings. The van der Waals surface area contributed by atoms with E-state index >= 15 is 0 Å². The van der Waals surface area contributed by atoms with Crippen molar-refractivity contribution in [3.63, 3.8) is 0 Å². The first-order valence-corrected chi connectivity index (χ1v) is 8.73. The van der Waals surface area contributed by atoms with Crippen molar-refractivity contribution in [2.24, 2.45) is 0 Å². The molecule has 1 aromatic heterocycles. The number of amides is 1. The van der Waals surface area contributed by atoms with Crippen LogP contribution in [0.15, 0.2) is 65.8 Å². The van der Waals surface area contributed by atoms with E-state index in [-0.39, 0.29) is 5.91 Å². The van der Waals surface area contributed by atoms with Gasteiger partial charge in [-0.2, -0.15) is 0 Å². The lowest BCUT2D eigenvalue weighted by Gasteiger charge is -2.07. The second kappa shape index (κ2) is 7.79. The predicted molar refractivity (Wildman–Crippen MR) is 96.9 cm³/mol. The molecule has 6 heteroatoms. The normalized spacial score (nSPS) is 10.5. The Morgan fingerprint density at radius 3 is 2.38 bits per heavy atom. The average Bonchev–Trinajstić information content (AvgIpc) is 3.04. The van der Waals surface area contributed by atoms with Crippen molar-refractivity contribution in [3.8, 4) is 11.4 Å². The molecule has 0 unspecified atom stereocenters. The van der Waals surface area contributed by atoms with Crippen LogP contribution in [0.2, 0.25) is 0 Å². The zero-order valence-corrected chi connectivity index (χ0v) is 14.2. The fourth-order valence-corrected chi connectivity index (χ4v) is 3.13. The first kappa shape index (κ1) is 16.3. The number of anilines is 1. The van der Waals surface area contributed by atoms with Crippen molar-refractivity contribution >= 4 is 23.4 Å². The van der Waals surface area contributed by atoms with Crippen LogP contribution in [0.5, 0.6) is 0 Å². The first-order valence-electron chi connectivity index (χ1n) is 7.74. The van der Waals surface area contributed by atoms with Crippen LogP contribution in [-0.4, -0.2) is 26.4 Å². The van der Waals surface area contributed by atoms with Gasteiger partial charge in [0.05, 0.1) is 5.75 Å². The zero-order valence-electron chi connectivity index (χ0n) is 13.3. The molecule has 0 bridgehead atoms. The van der Waals surface area contributed by atoms with Crippen LogP contribution in [0, 0.1) is 0 Å². The highest BCUT2D eigenvalue weighted by Gasteiger charge is 2.14. The third-order valence-electron chi connectivity index (χ3n) is 3.45. The number of aromatic nitrogens is 3. The van der Waals surface area contributed by atoms with Gasteiger partial charge in [0.15, 0.2) is 11.0 Å². The number of carbonyl (C=O) groups excluding carboxylic acids is 1. The molecule has 1 heterocycles. The maximum absolute atomic E-state index is 12.1. The Balaban J connectivity index is 1.67. The van der Waals surface area contributed by atoms with E-state index in [2.05, 4.69) is 15.5 Å². The summed E-state index contributed by atoms with van der Waals surface area (Å²) in [5, 5.41) is 12.1. The van der Waals surface area contributed by atoms with Gasteiger partial charge in [0.1, 0.15) is 0 Å². The number of thioether (sulfide) groups is 1. The third kappa shape index (κ3) is 3.83. The van der Waals surface area contributed by atoms with Crippen LogP contribution in [-0.2, 0) is 11.3 Å². The molecule has 1 amide bonds. The van der Waals surface area contributed by atoms with E-state index in [1.165, 1.54) is 11.8 Å². The SMILES string of the molecule is CCn1c(SCC(=O)Nc2ccccc2)nnc1-c1ccccc1. The zero-order chi connectivity index (χ0) is 16.8. The molecule has 0 saturated heterocycles. The molecule has 0 atom stereocenters. The van der Waals surface area contributed by atoms with Gasteiger partial charge in [-0.1, -0.05) is 60.3 Å². The number of para-hydroxylation sites is 1. The number of nitrogens with zero attached hydrogens (tertiary/aromatic N) is 3. The Hall–Kier alpha value is -2.60. The van der Waals surface area contributed by atoms with Gasteiger partial charge in [-0.3, -0.25) is 4.79 Å². The summed E-state index contributed by atoms with van der Waals surface area (Å²) in [5.74, 6) is 1.06. The highest BCUT2D eigenvalue weighted by atomic mass is 32.2. The minimum absolute atomic E-state index is 0.0573. The summed E-state index contributed by atoms with van der Waals surface area (Å²) in [6.07, 6.45) is 0. The van der Waals surface area contributed by atoms with Gasteiger partial charge >= 0.3 is 0 Å². The van der Waals surface area contributed by atoms with Crippen LogP contribution in [0.1, 0.15) is 6.92 Å². The summed E-state index contributed by atoms with van der Waals surface area (Å²) >= 11 is 1.39. The summed E-state index contributed by atoms with van der Waals surface area (Å²) in [7, 11) is 0. The Kier molecular flexibility index (Phi) is 5.28. The number of rotatable bonds is 6. The molecule has 3 rings (SSSR count). The van der Waals surface area contributed by atoms with E-state index in [4.69, 9.17) is 0 Å². The molecule has 3 aromatic rings. The van der Waals surface area contributed by atoms with Crippen LogP contribution in [0.3, 0.4) is 0 Å². The lowest BCUT2D eigenvalue weighted by molar-refractivity contribution is -0.113. The van der Waals surface area contributed by atoms with Gasteiger partial charge in [-0.25, -0.2) is 0 Å². The molecule has 0 aliphatic rings. The molecule has 2 aromatic carbocycles. The number of benzene rings is 2.